The number of rotatable bonds is 3. The topological polar surface area (TPSA) is 49.5 Å². The lowest BCUT2D eigenvalue weighted by molar-refractivity contribution is -0.0187. The molecule has 2 heterocycles. The molecule has 0 radical (unpaired) electrons. The first kappa shape index (κ1) is 13.3. The maximum absolute atomic E-state index is 10.1. The molecule has 0 amide bonds. The molecule has 4 heteroatoms. The molecule has 2 aromatic rings. The summed E-state index contributed by atoms with van der Waals surface area (Å²) in [5.41, 5.74) is 1.38. The lowest BCUT2D eigenvalue weighted by Gasteiger charge is -2.36. The predicted octanol–water partition coefficient (Wildman–Crippen LogP) is 2.69. The van der Waals surface area contributed by atoms with E-state index in [0.717, 1.165) is 42.9 Å². The van der Waals surface area contributed by atoms with Gasteiger partial charge in [0.25, 0.3) is 0 Å². The molecule has 1 unspecified atom stereocenters. The zero-order valence-corrected chi connectivity index (χ0v) is 11.7. The summed E-state index contributed by atoms with van der Waals surface area (Å²) >= 11 is 0. The highest BCUT2D eigenvalue weighted by atomic mass is 16.5. The third-order valence-corrected chi connectivity index (χ3v) is 3.76. The van der Waals surface area contributed by atoms with Gasteiger partial charge >= 0.3 is 0 Å². The Kier molecular flexibility index (Phi) is 3.59. The molecule has 4 nitrogen and oxygen atoms in total. The van der Waals surface area contributed by atoms with Crippen molar-refractivity contribution in [3.63, 3.8) is 0 Å². The molecule has 0 saturated carbocycles. The molecule has 1 atom stereocenters. The van der Waals surface area contributed by atoms with Crippen molar-refractivity contribution < 1.29 is 9.63 Å². The largest absolute Gasteiger partial charge is 0.389 e. The number of piperidine rings is 1. The smallest absolute Gasteiger partial charge is 0.167 e. The van der Waals surface area contributed by atoms with Crippen LogP contribution in [0.4, 0.5) is 0 Å². The second-order valence-electron chi connectivity index (χ2n) is 5.86. The zero-order valence-electron chi connectivity index (χ0n) is 11.7. The highest BCUT2D eigenvalue weighted by Crippen LogP contribution is 2.24. The second-order valence-corrected chi connectivity index (χ2v) is 5.86. The maximum Gasteiger partial charge on any atom is 0.167 e. The summed E-state index contributed by atoms with van der Waals surface area (Å²) in [5.74, 6) is 0.796. The van der Waals surface area contributed by atoms with Crippen molar-refractivity contribution in [2.75, 3.05) is 13.1 Å². The Morgan fingerprint density at radius 2 is 2.15 bits per heavy atom. The number of hydrogen-bond donors (Lipinski definition) is 1. The van der Waals surface area contributed by atoms with Crippen LogP contribution in [0.2, 0.25) is 0 Å². The molecule has 20 heavy (non-hydrogen) atoms. The number of hydrogen-bond acceptors (Lipinski definition) is 4. The Hall–Kier alpha value is -1.65. The van der Waals surface area contributed by atoms with Gasteiger partial charge in [-0.15, -0.1) is 0 Å². The van der Waals surface area contributed by atoms with Gasteiger partial charge in [-0.05, 0) is 26.3 Å². The second kappa shape index (κ2) is 5.38. The quantitative estimate of drug-likeness (QED) is 0.933. The summed E-state index contributed by atoms with van der Waals surface area (Å²) < 4.78 is 5.41. The third-order valence-electron chi connectivity index (χ3n) is 3.76. The fourth-order valence-electron chi connectivity index (χ4n) is 2.81. The van der Waals surface area contributed by atoms with Crippen molar-refractivity contribution in [3.05, 3.63) is 42.1 Å². The van der Waals surface area contributed by atoms with E-state index in [4.69, 9.17) is 4.52 Å². The first-order chi connectivity index (χ1) is 9.62. The lowest BCUT2D eigenvalue weighted by atomic mass is 9.95. The number of nitrogens with zero attached hydrogens (tertiary/aromatic N) is 2. The SMILES string of the molecule is CC1(O)CCCN(Cc2cc(-c3ccccc3)on2)C1. The molecule has 0 bridgehead atoms. The van der Waals surface area contributed by atoms with E-state index >= 15 is 0 Å². The molecular weight excluding hydrogens is 252 g/mol. The predicted molar refractivity (Wildman–Crippen MR) is 77.1 cm³/mol. The minimum atomic E-state index is -0.579. The molecule has 1 saturated heterocycles. The summed E-state index contributed by atoms with van der Waals surface area (Å²) in [7, 11) is 0. The van der Waals surface area contributed by atoms with Crippen LogP contribution in [0.5, 0.6) is 0 Å². The molecule has 1 aromatic heterocycles. The zero-order chi connectivity index (χ0) is 14.0. The van der Waals surface area contributed by atoms with Gasteiger partial charge in [0.1, 0.15) is 0 Å². The van der Waals surface area contributed by atoms with E-state index in [2.05, 4.69) is 10.1 Å². The minimum absolute atomic E-state index is 0.579. The van der Waals surface area contributed by atoms with Crippen LogP contribution in [0.1, 0.15) is 25.5 Å². The summed E-state index contributed by atoms with van der Waals surface area (Å²) in [5, 5.41) is 14.3. The lowest BCUT2D eigenvalue weighted by Crippen LogP contribution is -2.45. The number of likely N-dealkylation sites (tertiary alicyclic amines) is 1. The number of aliphatic hydroxyl groups is 1. The molecular formula is C16H20N2O2. The molecule has 1 aliphatic heterocycles. The molecule has 1 aromatic carbocycles. The summed E-state index contributed by atoms with van der Waals surface area (Å²) in [6.45, 7) is 4.33. The normalized spacial score (nSPS) is 23.9. The van der Waals surface area contributed by atoms with E-state index in [1.165, 1.54) is 0 Å². The average Bonchev–Trinajstić information content (AvgIpc) is 2.87. The Bertz CT molecular complexity index is 563. The Morgan fingerprint density at radius 1 is 1.35 bits per heavy atom. The minimum Gasteiger partial charge on any atom is -0.389 e. The van der Waals surface area contributed by atoms with Gasteiger partial charge in [0, 0.05) is 24.7 Å². The van der Waals surface area contributed by atoms with Gasteiger partial charge in [-0.3, -0.25) is 4.90 Å². The van der Waals surface area contributed by atoms with Crippen molar-refractivity contribution in [1.82, 2.24) is 10.1 Å². The first-order valence-corrected chi connectivity index (χ1v) is 7.08. The van der Waals surface area contributed by atoms with E-state index < -0.39 is 5.60 Å². The molecule has 1 aliphatic rings. The number of benzene rings is 1. The number of β-amino-alcohol motifs (C(OH)–C–C–N with tert-alkyl or cyclic N) is 1. The van der Waals surface area contributed by atoms with Crippen LogP contribution in [0, 0.1) is 0 Å². The fourth-order valence-corrected chi connectivity index (χ4v) is 2.81. The van der Waals surface area contributed by atoms with Gasteiger partial charge in [-0.1, -0.05) is 35.5 Å². The number of aromatic nitrogens is 1. The molecule has 106 valence electrons. The van der Waals surface area contributed by atoms with Gasteiger partial charge in [-0.25, -0.2) is 0 Å². The third kappa shape index (κ3) is 3.08. The molecule has 1 N–H and O–H groups in total. The van der Waals surface area contributed by atoms with Crippen molar-refractivity contribution in [2.45, 2.75) is 31.9 Å². The van der Waals surface area contributed by atoms with Crippen molar-refractivity contribution in [3.8, 4) is 11.3 Å². The summed E-state index contributed by atoms with van der Waals surface area (Å²) in [6.07, 6.45) is 1.90. The van der Waals surface area contributed by atoms with Gasteiger partial charge in [0.05, 0.1) is 11.3 Å². The van der Waals surface area contributed by atoms with E-state index in [9.17, 15) is 5.11 Å². The molecule has 0 aliphatic carbocycles. The highest BCUT2D eigenvalue weighted by Gasteiger charge is 2.28. The van der Waals surface area contributed by atoms with Crippen LogP contribution in [-0.4, -0.2) is 33.9 Å². The van der Waals surface area contributed by atoms with E-state index in [0.29, 0.717) is 6.54 Å². The van der Waals surface area contributed by atoms with E-state index in [-0.39, 0.29) is 0 Å². The van der Waals surface area contributed by atoms with E-state index in [1.54, 1.807) is 0 Å². The van der Waals surface area contributed by atoms with Crippen LogP contribution in [0.25, 0.3) is 11.3 Å². The standard InChI is InChI=1S/C16H20N2O2/c1-16(19)8-5-9-18(12-16)11-14-10-15(20-17-14)13-6-3-2-4-7-13/h2-4,6-7,10,19H,5,8-9,11-12H2,1H3. The molecule has 1 fully saturated rings. The van der Waals surface area contributed by atoms with Crippen molar-refractivity contribution in [2.24, 2.45) is 0 Å². The van der Waals surface area contributed by atoms with Gasteiger partial charge < -0.3 is 9.63 Å². The van der Waals surface area contributed by atoms with Crippen LogP contribution < -0.4 is 0 Å². The molecule has 0 spiro atoms. The van der Waals surface area contributed by atoms with Gasteiger partial charge in [0.2, 0.25) is 0 Å². The summed E-state index contributed by atoms with van der Waals surface area (Å²) in [6, 6.07) is 12.0. The van der Waals surface area contributed by atoms with Crippen LogP contribution in [0.3, 0.4) is 0 Å². The van der Waals surface area contributed by atoms with Crippen molar-refractivity contribution in [1.29, 1.82) is 0 Å². The first-order valence-electron chi connectivity index (χ1n) is 7.08. The van der Waals surface area contributed by atoms with Crippen molar-refractivity contribution >= 4 is 0 Å². The Labute approximate surface area is 119 Å². The molecule has 3 rings (SSSR count). The average molecular weight is 272 g/mol. The van der Waals surface area contributed by atoms with Crippen LogP contribution in [-0.2, 0) is 6.54 Å². The highest BCUT2D eigenvalue weighted by molar-refractivity contribution is 5.56. The fraction of sp³-hybridized carbons (Fsp3) is 0.438. The van der Waals surface area contributed by atoms with Crippen LogP contribution in [0.15, 0.2) is 40.9 Å². The Morgan fingerprint density at radius 3 is 2.90 bits per heavy atom. The van der Waals surface area contributed by atoms with E-state index in [1.807, 2.05) is 43.3 Å². The Balaban J connectivity index is 1.69. The summed E-state index contributed by atoms with van der Waals surface area (Å²) in [4.78, 5) is 2.23. The van der Waals surface area contributed by atoms with Gasteiger partial charge in [0.15, 0.2) is 5.76 Å². The van der Waals surface area contributed by atoms with Gasteiger partial charge in [-0.2, -0.15) is 0 Å². The monoisotopic (exact) mass is 272 g/mol. The van der Waals surface area contributed by atoms with Crippen LogP contribution >= 0.6 is 0 Å². The maximum atomic E-state index is 10.1.